The van der Waals surface area contributed by atoms with Crippen molar-refractivity contribution in [1.82, 2.24) is 15.0 Å². The lowest BCUT2D eigenvalue weighted by atomic mass is 10.3. The molecule has 2 N–H and O–H groups in total. The topological polar surface area (TPSA) is 72.0 Å². The molecule has 1 aromatic heterocycles. The van der Waals surface area contributed by atoms with Crippen molar-refractivity contribution < 1.29 is 4.74 Å². The van der Waals surface area contributed by atoms with Gasteiger partial charge in [0.2, 0.25) is 11.9 Å². The molecule has 0 bridgehead atoms. The lowest BCUT2D eigenvalue weighted by Gasteiger charge is -2.09. The van der Waals surface area contributed by atoms with E-state index in [0.29, 0.717) is 24.5 Å². The van der Waals surface area contributed by atoms with Crippen LogP contribution in [0.1, 0.15) is 20.3 Å². The van der Waals surface area contributed by atoms with E-state index in [0.717, 1.165) is 18.7 Å². The summed E-state index contributed by atoms with van der Waals surface area (Å²) >= 11 is 0. The molecule has 0 aliphatic heterocycles. The Bertz CT molecular complexity index is 532. The number of hydrogen-bond donors (Lipinski definition) is 2. The molecule has 0 saturated carbocycles. The Morgan fingerprint density at radius 2 is 1.75 bits per heavy atom. The third-order valence-corrected chi connectivity index (χ3v) is 2.42. The van der Waals surface area contributed by atoms with Crippen LogP contribution in [-0.2, 0) is 0 Å². The highest BCUT2D eigenvalue weighted by atomic mass is 16.5. The van der Waals surface area contributed by atoms with Crippen molar-refractivity contribution in [2.24, 2.45) is 0 Å². The quantitative estimate of drug-likeness (QED) is 0.808. The number of nitrogens with one attached hydrogen (secondary N) is 2. The fraction of sp³-hybridized carbons (Fsp3) is 0.357. The van der Waals surface area contributed by atoms with Gasteiger partial charge in [0.05, 0.1) is 6.61 Å². The maximum absolute atomic E-state index is 5.48. The first-order valence-electron chi connectivity index (χ1n) is 6.76. The molecule has 0 atom stereocenters. The van der Waals surface area contributed by atoms with Crippen molar-refractivity contribution in [3.8, 4) is 6.01 Å². The van der Waals surface area contributed by atoms with Gasteiger partial charge in [0.1, 0.15) is 0 Å². The molecule has 0 saturated heterocycles. The smallest absolute Gasteiger partial charge is 0.323 e. The van der Waals surface area contributed by atoms with Gasteiger partial charge in [-0.2, -0.15) is 15.0 Å². The minimum Gasteiger partial charge on any atom is -0.463 e. The van der Waals surface area contributed by atoms with Gasteiger partial charge in [-0.1, -0.05) is 25.1 Å². The summed E-state index contributed by atoms with van der Waals surface area (Å²) in [5.41, 5.74) is 0.919. The molecule has 20 heavy (non-hydrogen) atoms. The first kappa shape index (κ1) is 14.0. The predicted octanol–water partition coefficient (Wildman–Crippen LogP) is 2.84. The SMILES string of the molecule is CCCOc1nc(NCC)nc(Nc2ccccc2)n1. The molecule has 0 unspecified atom stereocenters. The van der Waals surface area contributed by atoms with Gasteiger partial charge in [0.25, 0.3) is 0 Å². The average Bonchev–Trinajstić information content (AvgIpc) is 2.46. The van der Waals surface area contributed by atoms with E-state index in [9.17, 15) is 0 Å². The van der Waals surface area contributed by atoms with Crippen LogP contribution in [0.4, 0.5) is 17.6 Å². The summed E-state index contributed by atoms with van der Waals surface area (Å²) in [7, 11) is 0. The Morgan fingerprint density at radius 1 is 1.00 bits per heavy atom. The van der Waals surface area contributed by atoms with Gasteiger partial charge in [-0.3, -0.25) is 0 Å². The van der Waals surface area contributed by atoms with Crippen molar-refractivity contribution in [1.29, 1.82) is 0 Å². The molecule has 1 aromatic carbocycles. The van der Waals surface area contributed by atoms with Crippen molar-refractivity contribution in [2.45, 2.75) is 20.3 Å². The highest BCUT2D eigenvalue weighted by Crippen LogP contribution is 2.16. The van der Waals surface area contributed by atoms with E-state index in [2.05, 4.69) is 25.6 Å². The van der Waals surface area contributed by atoms with Gasteiger partial charge in [-0.05, 0) is 25.5 Å². The maximum atomic E-state index is 5.48. The Labute approximate surface area is 118 Å². The number of para-hydroxylation sites is 1. The van der Waals surface area contributed by atoms with Crippen LogP contribution in [0.3, 0.4) is 0 Å². The summed E-state index contributed by atoms with van der Waals surface area (Å²) in [5, 5.41) is 6.21. The third kappa shape index (κ3) is 4.08. The van der Waals surface area contributed by atoms with Gasteiger partial charge in [0, 0.05) is 12.2 Å². The Balaban J connectivity index is 2.19. The van der Waals surface area contributed by atoms with Crippen LogP contribution in [-0.4, -0.2) is 28.1 Å². The molecule has 0 aliphatic rings. The van der Waals surface area contributed by atoms with Crippen LogP contribution < -0.4 is 15.4 Å². The van der Waals surface area contributed by atoms with Gasteiger partial charge in [-0.15, -0.1) is 0 Å². The van der Waals surface area contributed by atoms with E-state index in [1.165, 1.54) is 0 Å². The van der Waals surface area contributed by atoms with E-state index >= 15 is 0 Å². The molecule has 0 amide bonds. The van der Waals surface area contributed by atoms with Crippen LogP contribution in [0, 0.1) is 0 Å². The molecule has 2 aromatic rings. The first-order valence-corrected chi connectivity index (χ1v) is 6.76. The van der Waals surface area contributed by atoms with E-state index in [1.54, 1.807) is 0 Å². The number of benzene rings is 1. The number of aromatic nitrogens is 3. The Morgan fingerprint density at radius 3 is 2.45 bits per heavy atom. The van der Waals surface area contributed by atoms with Crippen molar-refractivity contribution in [3.63, 3.8) is 0 Å². The molecule has 2 rings (SSSR count). The van der Waals surface area contributed by atoms with Crippen LogP contribution >= 0.6 is 0 Å². The maximum Gasteiger partial charge on any atom is 0.323 e. The molecule has 0 aliphatic carbocycles. The Hall–Kier alpha value is -2.37. The molecule has 0 fully saturated rings. The number of hydrogen-bond acceptors (Lipinski definition) is 6. The van der Waals surface area contributed by atoms with E-state index in [4.69, 9.17) is 4.74 Å². The van der Waals surface area contributed by atoms with Crippen LogP contribution in [0.15, 0.2) is 30.3 Å². The van der Waals surface area contributed by atoms with Gasteiger partial charge in [0.15, 0.2) is 0 Å². The highest BCUT2D eigenvalue weighted by Gasteiger charge is 2.07. The normalized spacial score (nSPS) is 10.1. The molecular weight excluding hydrogens is 254 g/mol. The van der Waals surface area contributed by atoms with E-state index < -0.39 is 0 Å². The zero-order valence-corrected chi connectivity index (χ0v) is 11.8. The largest absolute Gasteiger partial charge is 0.463 e. The van der Waals surface area contributed by atoms with Crippen molar-refractivity contribution in [3.05, 3.63) is 30.3 Å². The number of ether oxygens (including phenoxy) is 1. The Kier molecular flexibility index (Phi) is 5.11. The molecule has 0 spiro atoms. The van der Waals surface area contributed by atoms with Gasteiger partial charge >= 0.3 is 6.01 Å². The summed E-state index contributed by atoms with van der Waals surface area (Å²) in [6.07, 6.45) is 0.906. The number of rotatable bonds is 7. The lowest BCUT2D eigenvalue weighted by molar-refractivity contribution is 0.292. The minimum absolute atomic E-state index is 0.330. The average molecular weight is 273 g/mol. The summed E-state index contributed by atoms with van der Waals surface area (Å²) in [4.78, 5) is 12.8. The second kappa shape index (κ2) is 7.28. The summed E-state index contributed by atoms with van der Waals surface area (Å²) in [6.45, 7) is 5.35. The predicted molar refractivity (Wildman–Crippen MR) is 79.5 cm³/mol. The molecule has 106 valence electrons. The van der Waals surface area contributed by atoms with Gasteiger partial charge in [-0.25, -0.2) is 0 Å². The van der Waals surface area contributed by atoms with E-state index in [-0.39, 0.29) is 0 Å². The minimum atomic E-state index is 0.330. The molecule has 6 nitrogen and oxygen atoms in total. The fourth-order valence-electron chi connectivity index (χ4n) is 1.56. The highest BCUT2D eigenvalue weighted by molar-refractivity contribution is 5.53. The fourth-order valence-corrected chi connectivity index (χ4v) is 1.56. The summed E-state index contributed by atoms with van der Waals surface area (Å²) in [6, 6.07) is 10.1. The van der Waals surface area contributed by atoms with Crippen molar-refractivity contribution >= 4 is 17.6 Å². The summed E-state index contributed by atoms with van der Waals surface area (Å²) in [5.74, 6) is 0.972. The molecular formula is C14H19N5O. The second-order valence-electron chi connectivity index (χ2n) is 4.14. The molecule has 0 radical (unpaired) electrons. The molecule has 1 heterocycles. The zero-order chi connectivity index (χ0) is 14.2. The van der Waals surface area contributed by atoms with E-state index in [1.807, 2.05) is 44.2 Å². The number of anilines is 3. The first-order chi connectivity index (χ1) is 9.81. The van der Waals surface area contributed by atoms with Crippen LogP contribution in [0.2, 0.25) is 0 Å². The lowest BCUT2D eigenvalue weighted by Crippen LogP contribution is -2.09. The standard InChI is InChI=1S/C14H19N5O/c1-3-10-20-14-18-12(15-4-2)17-13(19-14)16-11-8-6-5-7-9-11/h5-9H,3-4,10H2,1-2H3,(H2,15,16,17,18,19). The zero-order valence-electron chi connectivity index (χ0n) is 11.8. The van der Waals surface area contributed by atoms with Crippen LogP contribution in [0.5, 0.6) is 6.01 Å². The monoisotopic (exact) mass is 273 g/mol. The second-order valence-corrected chi connectivity index (χ2v) is 4.14. The van der Waals surface area contributed by atoms with Gasteiger partial charge < -0.3 is 15.4 Å². The summed E-state index contributed by atoms with van der Waals surface area (Å²) < 4.78 is 5.48. The van der Waals surface area contributed by atoms with Crippen LogP contribution in [0.25, 0.3) is 0 Å². The third-order valence-electron chi connectivity index (χ3n) is 2.42. The number of nitrogens with zero attached hydrogens (tertiary/aromatic N) is 3. The molecule has 6 heteroatoms. The van der Waals surface area contributed by atoms with Crippen molar-refractivity contribution in [2.75, 3.05) is 23.8 Å².